The Balaban J connectivity index is 2.28. The third-order valence-electron chi connectivity index (χ3n) is 3.43. The number of hydrogen-bond acceptors (Lipinski definition) is 3. The zero-order chi connectivity index (χ0) is 15.6. The highest BCUT2D eigenvalue weighted by Gasteiger charge is 2.31. The molecule has 0 spiro atoms. The maximum absolute atomic E-state index is 13.7. The molecule has 2 heterocycles. The van der Waals surface area contributed by atoms with E-state index in [4.69, 9.17) is 0 Å². The number of rotatable bonds is 3. The lowest BCUT2D eigenvalue weighted by molar-refractivity contribution is -0.125. The maximum atomic E-state index is 13.7. The molecule has 1 amide bonds. The molecule has 1 aromatic rings. The first kappa shape index (κ1) is 15.5. The Hall–Kier alpha value is -1.86. The Labute approximate surface area is 119 Å². The van der Waals surface area contributed by atoms with Gasteiger partial charge < -0.3 is 10.2 Å². The van der Waals surface area contributed by atoms with Crippen LogP contribution in [-0.2, 0) is 4.79 Å². The highest BCUT2D eigenvalue weighted by Crippen LogP contribution is 2.30. The van der Waals surface area contributed by atoms with E-state index in [1.807, 2.05) is 0 Å². The van der Waals surface area contributed by atoms with Crippen molar-refractivity contribution in [3.63, 3.8) is 0 Å². The lowest BCUT2D eigenvalue weighted by Crippen LogP contribution is -2.43. The number of carbonyl (C=O) groups is 1. The molecule has 1 fully saturated rings. The summed E-state index contributed by atoms with van der Waals surface area (Å²) in [5.74, 6) is -7.17. The maximum Gasteiger partial charge on any atom is 0.253 e. The van der Waals surface area contributed by atoms with Crippen LogP contribution < -0.4 is 10.2 Å². The third kappa shape index (κ3) is 3.08. The van der Waals surface area contributed by atoms with Crippen molar-refractivity contribution in [1.29, 1.82) is 0 Å². The van der Waals surface area contributed by atoms with Crippen molar-refractivity contribution in [2.24, 2.45) is 5.92 Å². The number of halogens is 4. The number of carbonyl (C=O) groups excluding carboxylic acids is 1. The van der Waals surface area contributed by atoms with Crippen LogP contribution in [0, 0.1) is 29.4 Å². The van der Waals surface area contributed by atoms with Crippen molar-refractivity contribution in [3.8, 4) is 0 Å². The second-order valence-corrected chi connectivity index (χ2v) is 4.85. The first-order valence-corrected chi connectivity index (χ1v) is 6.68. The van der Waals surface area contributed by atoms with E-state index < -0.39 is 35.1 Å². The minimum absolute atomic E-state index is 0.00255. The summed E-state index contributed by atoms with van der Waals surface area (Å²) < 4.78 is 53.7. The second kappa shape index (κ2) is 6.28. The van der Waals surface area contributed by atoms with Gasteiger partial charge in [0.05, 0.1) is 5.92 Å². The summed E-state index contributed by atoms with van der Waals surface area (Å²) in [6.45, 7) is 2.41. The van der Waals surface area contributed by atoms with Gasteiger partial charge in [-0.05, 0) is 19.8 Å². The molecular formula is C13H15F4N3O. The Morgan fingerprint density at radius 1 is 1.29 bits per heavy atom. The summed E-state index contributed by atoms with van der Waals surface area (Å²) in [5, 5.41) is 2.63. The molecule has 21 heavy (non-hydrogen) atoms. The van der Waals surface area contributed by atoms with Gasteiger partial charge in [-0.3, -0.25) is 4.79 Å². The SMILES string of the molecule is CCNC(=O)C1CCCN(c2c(F)c(F)nc(F)c2F)C1. The Morgan fingerprint density at radius 2 is 1.90 bits per heavy atom. The molecule has 116 valence electrons. The number of pyridine rings is 1. The summed E-state index contributed by atoms with van der Waals surface area (Å²) in [6.07, 6.45) is 1.05. The molecule has 0 aliphatic carbocycles. The van der Waals surface area contributed by atoms with Crippen LogP contribution in [0.25, 0.3) is 0 Å². The highest BCUT2D eigenvalue weighted by molar-refractivity contribution is 5.79. The van der Waals surface area contributed by atoms with Crippen LogP contribution in [0.3, 0.4) is 0 Å². The topological polar surface area (TPSA) is 45.2 Å². The van der Waals surface area contributed by atoms with Crippen LogP contribution in [0.15, 0.2) is 0 Å². The largest absolute Gasteiger partial charge is 0.366 e. The average Bonchev–Trinajstić information content (AvgIpc) is 2.46. The van der Waals surface area contributed by atoms with E-state index in [9.17, 15) is 22.4 Å². The monoisotopic (exact) mass is 305 g/mol. The first-order chi connectivity index (χ1) is 9.95. The molecule has 1 aliphatic heterocycles. The van der Waals surface area contributed by atoms with Gasteiger partial charge in [-0.25, -0.2) is 0 Å². The Kier molecular flexibility index (Phi) is 4.64. The predicted octanol–water partition coefficient (Wildman–Crippen LogP) is 1.99. The molecule has 1 aromatic heterocycles. The zero-order valence-electron chi connectivity index (χ0n) is 11.4. The van der Waals surface area contributed by atoms with E-state index in [1.165, 1.54) is 0 Å². The number of nitrogens with one attached hydrogen (secondary N) is 1. The van der Waals surface area contributed by atoms with Gasteiger partial charge >= 0.3 is 0 Å². The fraction of sp³-hybridized carbons (Fsp3) is 0.538. The molecular weight excluding hydrogens is 290 g/mol. The molecule has 0 radical (unpaired) electrons. The van der Waals surface area contributed by atoms with Gasteiger partial charge in [0.1, 0.15) is 5.69 Å². The quantitative estimate of drug-likeness (QED) is 0.686. The molecule has 8 heteroatoms. The Morgan fingerprint density at radius 3 is 2.48 bits per heavy atom. The number of hydrogen-bond donors (Lipinski definition) is 1. The van der Waals surface area contributed by atoms with Crippen LogP contribution in [0.4, 0.5) is 23.2 Å². The lowest BCUT2D eigenvalue weighted by atomic mass is 9.96. The fourth-order valence-electron chi connectivity index (χ4n) is 2.47. The molecule has 0 aromatic carbocycles. The molecule has 4 nitrogen and oxygen atoms in total. The number of amides is 1. The molecule has 0 saturated carbocycles. The summed E-state index contributed by atoms with van der Waals surface area (Å²) in [7, 11) is 0. The van der Waals surface area contributed by atoms with Crippen molar-refractivity contribution in [3.05, 3.63) is 23.5 Å². The van der Waals surface area contributed by atoms with Gasteiger partial charge in [0.15, 0.2) is 0 Å². The predicted molar refractivity (Wildman–Crippen MR) is 67.7 cm³/mol. The van der Waals surface area contributed by atoms with Gasteiger partial charge in [-0.1, -0.05) is 0 Å². The van der Waals surface area contributed by atoms with Gasteiger partial charge in [-0.15, -0.1) is 0 Å². The fourth-order valence-corrected chi connectivity index (χ4v) is 2.47. The first-order valence-electron chi connectivity index (χ1n) is 6.68. The molecule has 1 N–H and O–H groups in total. The standard InChI is InChI=1S/C13H15F4N3O/c1-2-18-13(21)7-4-3-5-20(6-7)10-8(14)11(16)19-12(17)9(10)15/h7H,2-6H2,1H3,(H,18,21). The van der Waals surface area contributed by atoms with E-state index in [1.54, 1.807) is 6.92 Å². The van der Waals surface area contributed by atoms with Gasteiger partial charge in [0.2, 0.25) is 17.5 Å². The van der Waals surface area contributed by atoms with Gasteiger partial charge in [-0.2, -0.15) is 22.5 Å². The second-order valence-electron chi connectivity index (χ2n) is 4.85. The molecule has 2 rings (SSSR count). The third-order valence-corrected chi connectivity index (χ3v) is 3.43. The summed E-state index contributed by atoms with van der Waals surface area (Å²) in [5.41, 5.74) is -0.797. The lowest BCUT2D eigenvalue weighted by Gasteiger charge is -2.33. The van der Waals surface area contributed by atoms with Crippen LogP contribution in [0.5, 0.6) is 0 Å². The minimum Gasteiger partial charge on any atom is -0.366 e. The van der Waals surface area contributed by atoms with E-state index >= 15 is 0 Å². The van der Waals surface area contributed by atoms with E-state index in [-0.39, 0.29) is 19.0 Å². The molecule has 1 saturated heterocycles. The normalized spacial score (nSPS) is 18.7. The van der Waals surface area contributed by atoms with Crippen LogP contribution in [0.1, 0.15) is 19.8 Å². The number of piperidine rings is 1. The average molecular weight is 305 g/mol. The van der Waals surface area contributed by atoms with Crippen molar-refractivity contribution in [2.45, 2.75) is 19.8 Å². The van der Waals surface area contributed by atoms with Crippen LogP contribution in [0.2, 0.25) is 0 Å². The van der Waals surface area contributed by atoms with E-state index in [0.717, 1.165) is 4.90 Å². The highest BCUT2D eigenvalue weighted by atomic mass is 19.2. The number of nitrogens with zero attached hydrogens (tertiary/aromatic N) is 2. The van der Waals surface area contributed by atoms with E-state index in [2.05, 4.69) is 10.3 Å². The zero-order valence-corrected chi connectivity index (χ0v) is 11.4. The van der Waals surface area contributed by atoms with Crippen molar-refractivity contribution in [1.82, 2.24) is 10.3 Å². The molecule has 0 bridgehead atoms. The number of aromatic nitrogens is 1. The summed E-state index contributed by atoms with van der Waals surface area (Å²) >= 11 is 0. The molecule has 1 unspecified atom stereocenters. The summed E-state index contributed by atoms with van der Waals surface area (Å²) in [4.78, 5) is 15.5. The van der Waals surface area contributed by atoms with Crippen LogP contribution >= 0.6 is 0 Å². The van der Waals surface area contributed by atoms with Crippen molar-refractivity contribution < 1.29 is 22.4 Å². The van der Waals surface area contributed by atoms with Crippen molar-refractivity contribution in [2.75, 3.05) is 24.5 Å². The molecule has 1 atom stereocenters. The smallest absolute Gasteiger partial charge is 0.253 e. The van der Waals surface area contributed by atoms with Crippen molar-refractivity contribution >= 4 is 11.6 Å². The molecule has 1 aliphatic rings. The Bertz CT molecular complexity index is 526. The number of anilines is 1. The minimum atomic E-state index is -1.69. The summed E-state index contributed by atoms with van der Waals surface area (Å²) in [6, 6.07) is 0. The van der Waals surface area contributed by atoms with Gasteiger partial charge in [0.25, 0.3) is 11.9 Å². The van der Waals surface area contributed by atoms with E-state index in [0.29, 0.717) is 19.4 Å². The van der Waals surface area contributed by atoms with Gasteiger partial charge in [0, 0.05) is 19.6 Å². The van der Waals surface area contributed by atoms with Crippen LogP contribution in [-0.4, -0.2) is 30.5 Å².